The van der Waals surface area contributed by atoms with Gasteiger partial charge in [-0.15, -0.1) is 0 Å². The Bertz CT molecular complexity index is 2120. The fourth-order valence-electron chi connectivity index (χ4n) is 7.26. The van der Waals surface area contributed by atoms with E-state index in [9.17, 15) is 0 Å². The van der Waals surface area contributed by atoms with Gasteiger partial charge in [0, 0.05) is 56.8 Å². The van der Waals surface area contributed by atoms with Gasteiger partial charge in [0.15, 0.2) is 0 Å². The van der Waals surface area contributed by atoms with Crippen LogP contribution in [0, 0.1) is 11.8 Å². The third-order valence-electron chi connectivity index (χ3n) is 10.3. The van der Waals surface area contributed by atoms with E-state index in [-0.39, 0.29) is 21.7 Å². The molecule has 0 atom stereocenters. The highest BCUT2D eigenvalue weighted by molar-refractivity contribution is 6.12. The number of aryl methyl sites for hydroxylation is 2. The Balaban J connectivity index is 1.72. The molecule has 6 aromatic rings. The van der Waals surface area contributed by atoms with Gasteiger partial charge in [0.2, 0.25) is 0 Å². The predicted molar refractivity (Wildman–Crippen MR) is 211 cm³/mol. The molecule has 0 N–H and O–H groups in total. The highest BCUT2D eigenvalue weighted by Crippen LogP contribution is 2.40. The largest absolute Gasteiger partial charge is 0.340 e. The van der Waals surface area contributed by atoms with E-state index in [1.54, 1.807) is 0 Å². The lowest BCUT2D eigenvalue weighted by Crippen LogP contribution is -2.12. The molecule has 0 unspecified atom stereocenters. The molecule has 0 saturated heterocycles. The van der Waals surface area contributed by atoms with Crippen molar-refractivity contribution in [3.05, 3.63) is 94.0 Å². The lowest BCUT2D eigenvalue weighted by molar-refractivity contribution is 0.590. The monoisotopic (exact) mass is 636 g/mol. The molecular formula is C46H56N2. The molecule has 0 spiro atoms. The van der Waals surface area contributed by atoms with Crippen molar-refractivity contribution in [2.24, 2.45) is 0 Å². The molecule has 2 nitrogen and oxygen atoms in total. The maximum absolute atomic E-state index is 3.81. The standard InChI is InChI=1S/C46H56N2/c1-15-47-39-21-19-31(43(3,4)5)25-35(39)37-27-33(45(9,10)11)23-29(41(37)47)17-18-30-24-34(46(12,13)14)28-38-36-26-32(44(6,7)8)20-22-40(36)48(16-2)42(30)38/h19-28H,15-16H2,1-14H3. The zero-order valence-electron chi connectivity index (χ0n) is 32.1. The summed E-state index contributed by atoms with van der Waals surface area (Å²) in [6.07, 6.45) is 0. The number of rotatable bonds is 2. The first-order chi connectivity index (χ1) is 22.2. The van der Waals surface area contributed by atoms with Gasteiger partial charge in [0.25, 0.3) is 0 Å². The molecule has 0 aliphatic carbocycles. The third-order valence-corrected chi connectivity index (χ3v) is 10.3. The van der Waals surface area contributed by atoms with Crippen LogP contribution in [0.15, 0.2) is 60.7 Å². The van der Waals surface area contributed by atoms with Crippen LogP contribution < -0.4 is 0 Å². The number of fused-ring (bicyclic) bond motifs is 6. The summed E-state index contributed by atoms with van der Waals surface area (Å²) in [5.74, 6) is 7.63. The van der Waals surface area contributed by atoms with Crippen LogP contribution in [0.25, 0.3) is 43.6 Å². The predicted octanol–water partition coefficient (Wildman–Crippen LogP) is 12.5. The topological polar surface area (TPSA) is 9.86 Å². The summed E-state index contributed by atoms with van der Waals surface area (Å²) in [6.45, 7) is 34.0. The Morgan fingerprint density at radius 3 is 1.02 bits per heavy atom. The second-order valence-electron chi connectivity index (χ2n) is 18.0. The summed E-state index contributed by atoms with van der Waals surface area (Å²) in [6, 6.07) is 23.7. The molecule has 0 fully saturated rings. The van der Waals surface area contributed by atoms with E-state index in [4.69, 9.17) is 0 Å². The molecule has 0 aliphatic rings. The Hall–Kier alpha value is -3.96. The third kappa shape index (κ3) is 5.74. The number of hydrogen-bond donors (Lipinski definition) is 0. The first kappa shape index (κ1) is 33.9. The molecule has 0 amide bonds. The number of aromatic nitrogens is 2. The molecule has 0 bridgehead atoms. The maximum atomic E-state index is 3.81. The van der Waals surface area contributed by atoms with Crippen molar-refractivity contribution in [1.29, 1.82) is 0 Å². The van der Waals surface area contributed by atoms with Crippen LogP contribution in [0.4, 0.5) is 0 Å². The second-order valence-corrected chi connectivity index (χ2v) is 18.0. The number of benzene rings is 4. The van der Waals surface area contributed by atoms with Crippen LogP contribution in [0.2, 0.25) is 0 Å². The molecule has 0 radical (unpaired) electrons. The molecular weight excluding hydrogens is 581 g/mol. The molecule has 2 heteroatoms. The van der Waals surface area contributed by atoms with Crippen LogP contribution in [-0.4, -0.2) is 9.13 Å². The van der Waals surface area contributed by atoms with Gasteiger partial charge >= 0.3 is 0 Å². The quantitative estimate of drug-likeness (QED) is 0.167. The van der Waals surface area contributed by atoms with Crippen LogP contribution in [0.3, 0.4) is 0 Å². The van der Waals surface area contributed by atoms with Gasteiger partial charge in [-0.25, -0.2) is 0 Å². The Morgan fingerprint density at radius 1 is 0.417 bits per heavy atom. The van der Waals surface area contributed by atoms with Crippen molar-refractivity contribution in [2.75, 3.05) is 0 Å². The van der Waals surface area contributed by atoms with E-state index >= 15 is 0 Å². The summed E-state index contributed by atoms with van der Waals surface area (Å²) in [5.41, 5.74) is 12.8. The Kier molecular flexibility index (Phi) is 7.99. The van der Waals surface area contributed by atoms with Gasteiger partial charge in [0.1, 0.15) is 0 Å². The molecule has 2 heterocycles. The van der Waals surface area contributed by atoms with Crippen molar-refractivity contribution in [1.82, 2.24) is 9.13 Å². The highest BCUT2D eigenvalue weighted by Gasteiger charge is 2.24. The first-order valence-electron chi connectivity index (χ1n) is 18.0. The summed E-state index contributed by atoms with van der Waals surface area (Å²) in [4.78, 5) is 0. The SMILES string of the molecule is CCn1c2ccc(C(C)(C)C)cc2c2cc(C(C)(C)C)cc(C#Cc3cc(C(C)(C)C)cc4c5cc(C(C)(C)C)ccc5n(CC)c34)c21. The minimum Gasteiger partial charge on any atom is -0.340 e. The van der Waals surface area contributed by atoms with Gasteiger partial charge in [0.05, 0.1) is 11.0 Å². The Morgan fingerprint density at radius 2 is 0.729 bits per heavy atom. The van der Waals surface area contributed by atoms with Gasteiger partial charge in [-0.05, 0) is 106 Å². The fraction of sp³-hybridized carbons (Fsp3) is 0.435. The maximum Gasteiger partial charge on any atom is 0.0650 e. The lowest BCUT2D eigenvalue weighted by Gasteiger charge is -2.21. The summed E-state index contributed by atoms with van der Waals surface area (Å²) >= 11 is 0. The van der Waals surface area contributed by atoms with Gasteiger partial charge in [-0.3, -0.25) is 0 Å². The molecule has 6 rings (SSSR count). The average Bonchev–Trinajstić information content (AvgIpc) is 3.49. The average molecular weight is 637 g/mol. The van der Waals surface area contributed by atoms with Crippen LogP contribution in [0.5, 0.6) is 0 Å². The van der Waals surface area contributed by atoms with E-state index < -0.39 is 0 Å². The first-order valence-corrected chi connectivity index (χ1v) is 18.0. The minimum atomic E-state index is -0.00822. The van der Waals surface area contributed by atoms with Crippen molar-refractivity contribution >= 4 is 43.6 Å². The summed E-state index contributed by atoms with van der Waals surface area (Å²) < 4.78 is 4.96. The van der Waals surface area contributed by atoms with E-state index in [1.165, 1.54) is 65.9 Å². The number of nitrogens with zero attached hydrogens (tertiary/aromatic N) is 2. The van der Waals surface area contributed by atoms with E-state index in [1.807, 2.05) is 0 Å². The minimum absolute atomic E-state index is 0.00822. The van der Waals surface area contributed by atoms with E-state index in [0.29, 0.717) is 0 Å². The van der Waals surface area contributed by atoms with Gasteiger partial charge in [-0.1, -0.05) is 107 Å². The zero-order valence-corrected chi connectivity index (χ0v) is 32.1. The lowest BCUT2D eigenvalue weighted by atomic mass is 9.83. The number of hydrogen-bond acceptors (Lipinski definition) is 0. The Labute approximate surface area is 289 Å². The van der Waals surface area contributed by atoms with Crippen molar-refractivity contribution in [3.63, 3.8) is 0 Å². The molecule has 0 aliphatic heterocycles. The normalized spacial score (nSPS) is 13.2. The van der Waals surface area contributed by atoms with Crippen molar-refractivity contribution < 1.29 is 0 Å². The summed E-state index contributed by atoms with van der Waals surface area (Å²) in [5, 5.41) is 5.26. The zero-order chi connectivity index (χ0) is 35.1. The van der Waals surface area contributed by atoms with E-state index in [0.717, 1.165) is 24.2 Å². The molecule has 250 valence electrons. The summed E-state index contributed by atoms with van der Waals surface area (Å²) in [7, 11) is 0. The van der Waals surface area contributed by atoms with Crippen LogP contribution in [-0.2, 0) is 34.7 Å². The molecule has 4 aromatic carbocycles. The van der Waals surface area contributed by atoms with Gasteiger partial charge in [-0.2, -0.15) is 0 Å². The van der Waals surface area contributed by atoms with E-state index in [2.05, 4.69) is 179 Å². The smallest absolute Gasteiger partial charge is 0.0650 e. The van der Waals surface area contributed by atoms with Crippen molar-refractivity contribution in [2.45, 2.75) is 132 Å². The van der Waals surface area contributed by atoms with Crippen molar-refractivity contribution in [3.8, 4) is 11.8 Å². The molecule has 0 saturated carbocycles. The van der Waals surface area contributed by atoms with Crippen LogP contribution in [0.1, 0.15) is 130 Å². The molecule has 2 aromatic heterocycles. The highest BCUT2D eigenvalue weighted by atomic mass is 15.0. The van der Waals surface area contributed by atoms with Crippen LogP contribution >= 0.6 is 0 Å². The fourth-order valence-corrected chi connectivity index (χ4v) is 7.26. The molecule has 48 heavy (non-hydrogen) atoms. The van der Waals surface area contributed by atoms with Gasteiger partial charge < -0.3 is 9.13 Å². The second kappa shape index (κ2) is 11.3.